The van der Waals surface area contributed by atoms with E-state index in [4.69, 9.17) is 16.3 Å². The molecule has 0 fully saturated rings. The van der Waals surface area contributed by atoms with E-state index >= 15 is 0 Å². The van der Waals surface area contributed by atoms with Crippen LogP contribution in [0.25, 0.3) is 0 Å². The van der Waals surface area contributed by atoms with Crippen molar-refractivity contribution in [2.45, 2.75) is 39.3 Å². The average molecular weight is 475 g/mol. The molecule has 2 heterocycles. The number of anilines is 2. The summed E-state index contributed by atoms with van der Waals surface area (Å²) < 4.78 is 22.0. The van der Waals surface area contributed by atoms with Gasteiger partial charge in [-0.3, -0.25) is 13.9 Å². The van der Waals surface area contributed by atoms with Gasteiger partial charge in [0.25, 0.3) is 11.9 Å². The third-order valence-electron chi connectivity index (χ3n) is 5.42. The van der Waals surface area contributed by atoms with E-state index in [1.807, 2.05) is 19.1 Å². The molecule has 0 amide bonds. The molecule has 0 aliphatic carbocycles. The van der Waals surface area contributed by atoms with Crippen molar-refractivity contribution in [2.24, 2.45) is 0 Å². The highest BCUT2D eigenvalue weighted by molar-refractivity contribution is 6.30. The molecule has 174 valence electrons. The first-order chi connectivity index (χ1) is 15.9. The van der Waals surface area contributed by atoms with Crippen LogP contribution >= 0.6 is 11.6 Å². The van der Waals surface area contributed by atoms with Gasteiger partial charge in [0.15, 0.2) is 0 Å². The molecule has 1 aliphatic heterocycles. The standard InChI is InChI=1S/C23H24ClFN4O4/c1-2-27-20-19(21(31)28(23(27)32)12-3-13-30)29(14-15-4-6-16(24)7-5-15)22(26-20)33-18-10-8-17(25)9-11-18/h4-11,22,26,30H,2-3,12-14H2,1H3. The van der Waals surface area contributed by atoms with Gasteiger partial charge in [-0.05, 0) is 55.3 Å². The fraction of sp³-hybridized carbons (Fsp3) is 0.304. The highest BCUT2D eigenvalue weighted by Gasteiger charge is 2.36. The Labute approximate surface area is 194 Å². The first-order valence-corrected chi connectivity index (χ1v) is 11.0. The van der Waals surface area contributed by atoms with E-state index in [0.717, 1.165) is 10.1 Å². The van der Waals surface area contributed by atoms with Gasteiger partial charge in [-0.25, -0.2) is 9.18 Å². The Bertz CT molecular complexity index is 1240. The molecule has 0 bridgehead atoms. The summed E-state index contributed by atoms with van der Waals surface area (Å²) in [5.74, 6) is 0.359. The second-order valence-corrected chi connectivity index (χ2v) is 8.02. The zero-order chi connectivity index (χ0) is 23.5. The number of aliphatic hydroxyl groups excluding tert-OH is 1. The highest BCUT2D eigenvalue weighted by atomic mass is 35.5. The Morgan fingerprint density at radius 2 is 1.79 bits per heavy atom. The van der Waals surface area contributed by atoms with Crippen LogP contribution in [0.2, 0.25) is 5.02 Å². The van der Waals surface area contributed by atoms with Crippen molar-refractivity contribution >= 4 is 23.1 Å². The smallest absolute Gasteiger partial charge is 0.332 e. The van der Waals surface area contributed by atoms with Gasteiger partial charge in [-0.2, -0.15) is 0 Å². The minimum Gasteiger partial charge on any atom is -0.452 e. The predicted octanol–water partition coefficient (Wildman–Crippen LogP) is 3.00. The molecule has 2 aromatic carbocycles. The van der Waals surface area contributed by atoms with E-state index in [2.05, 4.69) is 5.32 Å². The second kappa shape index (κ2) is 9.68. The number of hydrogen-bond donors (Lipinski definition) is 2. The van der Waals surface area contributed by atoms with Gasteiger partial charge in [-0.1, -0.05) is 23.7 Å². The Morgan fingerprint density at radius 3 is 2.42 bits per heavy atom. The summed E-state index contributed by atoms with van der Waals surface area (Å²) >= 11 is 6.02. The maximum absolute atomic E-state index is 13.4. The van der Waals surface area contributed by atoms with Crippen LogP contribution in [0.3, 0.4) is 0 Å². The monoisotopic (exact) mass is 474 g/mol. The number of ether oxygens (including phenoxy) is 1. The average Bonchev–Trinajstić information content (AvgIpc) is 3.14. The number of benzene rings is 2. The molecule has 3 aromatic rings. The van der Waals surface area contributed by atoms with Gasteiger partial charge >= 0.3 is 5.69 Å². The third kappa shape index (κ3) is 4.60. The van der Waals surface area contributed by atoms with Gasteiger partial charge in [0.1, 0.15) is 23.1 Å². The number of fused-ring (bicyclic) bond motifs is 1. The van der Waals surface area contributed by atoms with Gasteiger partial charge in [0.05, 0.1) is 0 Å². The zero-order valence-electron chi connectivity index (χ0n) is 18.0. The summed E-state index contributed by atoms with van der Waals surface area (Å²) in [6, 6.07) is 12.7. The van der Waals surface area contributed by atoms with Crippen LogP contribution in [0.4, 0.5) is 15.9 Å². The Kier molecular flexibility index (Phi) is 6.71. The van der Waals surface area contributed by atoms with Gasteiger partial charge in [0, 0.05) is 31.3 Å². The van der Waals surface area contributed by atoms with E-state index in [0.29, 0.717) is 29.7 Å². The third-order valence-corrected chi connectivity index (χ3v) is 5.67. The summed E-state index contributed by atoms with van der Waals surface area (Å²) in [7, 11) is 0. The molecule has 1 aliphatic rings. The summed E-state index contributed by atoms with van der Waals surface area (Å²) in [6.07, 6.45) is -0.544. The first-order valence-electron chi connectivity index (χ1n) is 10.6. The van der Waals surface area contributed by atoms with Crippen molar-refractivity contribution in [1.29, 1.82) is 0 Å². The van der Waals surface area contributed by atoms with Crippen LogP contribution in [-0.4, -0.2) is 27.2 Å². The maximum atomic E-state index is 13.4. The molecular weight excluding hydrogens is 451 g/mol. The van der Waals surface area contributed by atoms with Crippen molar-refractivity contribution in [3.05, 3.63) is 85.8 Å². The molecule has 10 heteroatoms. The lowest BCUT2D eigenvalue weighted by Gasteiger charge is -2.26. The molecule has 4 rings (SSSR count). The minimum atomic E-state index is -0.820. The van der Waals surface area contributed by atoms with Crippen LogP contribution in [0.5, 0.6) is 5.75 Å². The predicted molar refractivity (Wildman–Crippen MR) is 124 cm³/mol. The summed E-state index contributed by atoms with van der Waals surface area (Å²) in [4.78, 5) is 28.1. The van der Waals surface area contributed by atoms with Gasteiger partial charge in [0.2, 0.25) is 0 Å². The molecule has 0 saturated heterocycles. The normalized spacial score (nSPS) is 14.8. The molecule has 1 aromatic heterocycles. The number of nitrogens with zero attached hydrogens (tertiary/aromatic N) is 3. The fourth-order valence-corrected chi connectivity index (χ4v) is 3.93. The van der Waals surface area contributed by atoms with Crippen molar-refractivity contribution in [2.75, 3.05) is 16.8 Å². The van der Waals surface area contributed by atoms with Crippen molar-refractivity contribution in [3.63, 3.8) is 0 Å². The SMILES string of the molecule is CCn1c2c(c(=O)n(CCCO)c1=O)N(Cc1ccc(Cl)cc1)C(Oc1ccc(F)cc1)N2. The van der Waals surface area contributed by atoms with Crippen LogP contribution < -0.4 is 26.2 Å². The lowest BCUT2D eigenvalue weighted by molar-refractivity contribution is 0.227. The lowest BCUT2D eigenvalue weighted by atomic mass is 10.2. The number of halogens is 2. The summed E-state index contributed by atoms with van der Waals surface area (Å²) in [5, 5.41) is 13.0. The van der Waals surface area contributed by atoms with Crippen LogP contribution in [0.15, 0.2) is 58.1 Å². The molecule has 1 atom stereocenters. The summed E-state index contributed by atoms with van der Waals surface area (Å²) in [5.41, 5.74) is 0.227. The Balaban J connectivity index is 1.81. The summed E-state index contributed by atoms with van der Waals surface area (Å²) in [6.45, 7) is 2.38. The highest BCUT2D eigenvalue weighted by Crippen LogP contribution is 2.33. The van der Waals surface area contributed by atoms with E-state index < -0.39 is 23.4 Å². The molecule has 33 heavy (non-hydrogen) atoms. The zero-order valence-corrected chi connectivity index (χ0v) is 18.8. The molecule has 1 unspecified atom stereocenters. The molecule has 2 N–H and O–H groups in total. The Morgan fingerprint density at radius 1 is 1.09 bits per heavy atom. The number of aromatic nitrogens is 2. The maximum Gasteiger partial charge on any atom is 0.332 e. The number of aliphatic hydroxyl groups is 1. The van der Waals surface area contributed by atoms with Gasteiger partial charge < -0.3 is 20.1 Å². The van der Waals surface area contributed by atoms with Gasteiger partial charge in [-0.15, -0.1) is 0 Å². The molecule has 0 spiro atoms. The molecule has 8 nitrogen and oxygen atoms in total. The van der Waals surface area contributed by atoms with E-state index in [9.17, 15) is 19.1 Å². The Hall–Kier alpha value is -3.30. The number of nitrogens with one attached hydrogen (secondary N) is 1. The lowest BCUT2D eigenvalue weighted by Crippen LogP contribution is -2.43. The van der Waals surface area contributed by atoms with E-state index in [-0.39, 0.29) is 25.3 Å². The molecule has 0 radical (unpaired) electrons. The fourth-order valence-electron chi connectivity index (χ4n) is 3.81. The van der Waals surface area contributed by atoms with Crippen LogP contribution in [0.1, 0.15) is 18.9 Å². The van der Waals surface area contributed by atoms with Crippen molar-refractivity contribution in [3.8, 4) is 5.75 Å². The largest absolute Gasteiger partial charge is 0.452 e. The second-order valence-electron chi connectivity index (χ2n) is 7.58. The van der Waals surface area contributed by atoms with Crippen molar-refractivity contribution < 1.29 is 14.2 Å². The molecular formula is C23H24ClFN4O4. The topological polar surface area (TPSA) is 88.7 Å². The van der Waals surface area contributed by atoms with Crippen LogP contribution in [0, 0.1) is 5.82 Å². The van der Waals surface area contributed by atoms with Crippen LogP contribution in [-0.2, 0) is 19.6 Å². The quantitative estimate of drug-likeness (QED) is 0.522. The first kappa shape index (κ1) is 22.9. The number of rotatable bonds is 8. The minimum absolute atomic E-state index is 0.0969. The molecule has 0 saturated carbocycles. The van der Waals surface area contributed by atoms with Crippen molar-refractivity contribution in [1.82, 2.24) is 9.13 Å². The number of hydrogen-bond acceptors (Lipinski definition) is 6. The van der Waals surface area contributed by atoms with E-state index in [1.54, 1.807) is 17.0 Å². The van der Waals surface area contributed by atoms with E-state index in [1.165, 1.54) is 28.8 Å².